The molecule has 0 saturated carbocycles. The van der Waals surface area contributed by atoms with Crippen molar-refractivity contribution in [1.82, 2.24) is 15.1 Å². The van der Waals surface area contributed by atoms with Crippen molar-refractivity contribution < 1.29 is 4.79 Å². The lowest BCUT2D eigenvalue weighted by molar-refractivity contribution is 0.102. The number of anilines is 2. The van der Waals surface area contributed by atoms with Gasteiger partial charge in [0.1, 0.15) is 5.82 Å². The SMILES string of the molecule is CN(C)CCCNc1ccc(C(=O)Nc2ccccc2C(C)(C)C)nn1. The van der Waals surface area contributed by atoms with E-state index in [-0.39, 0.29) is 11.3 Å². The van der Waals surface area contributed by atoms with Crippen molar-refractivity contribution in [2.45, 2.75) is 32.6 Å². The number of aromatic nitrogens is 2. The largest absolute Gasteiger partial charge is 0.369 e. The molecule has 2 aromatic rings. The van der Waals surface area contributed by atoms with Crippen LogP contribution in [0.3, 0.4) is 0 Å². The molecule has 1 aromatic heterocycles. The molecule has 0 atom stereocenters. The molecule has 0 radical (unpaired) electrons. The van der Waals surface area contributed by atoms with Gasteiger partial charge in [0.2, 0.25) is 0 Å². The molecule has 1 heterocycles. The number of carbonyl (C=O) groups is 1. The monoisotopic (exact) mass is 355 g/mol. The second-order valence-corrected chi connectivity index (χ2v) is 7.64. The highest BCUT2D eigenvalue weighted by molar-refractivity contribution is 6.03. The molecule has 0 aliphatic rings. The maximum Gasteiger partial charge on any atom is 0.276 e. The zero-order valence-corrected chi connectivity index (χ0v) is 16.3. The van der Waals surface area contributed by atoms with Crippen molar-refractivity contribution in [2.24, 2.45) is 0 Å². The third-order valence-electron chi connectivity index (χ3n) is 3.97. The third-order valence-corrected chi connectivity index (χ3v) is 3.97. The van der Waals surface area contributed by atoms with Crippen LogP contribution in [0.25, 0.3) is 0 Å². The molecule has 0 bridgehead atoms. The van der Waals surface area contributed by atoms with Crippen molar-refractivity contribution in [3.63, 3.8) is 0 Å². The average Bonchev–Trinajstić information content (AvgIpc) is 2.58. The normalized spacial score (nSPS) is 11.5. The number of benzene rings is 1. The van der Waals surface area contributed by atoms with E-state index in [4.69, 9.17) is 0 Å². The summed E-state index contributed by atoms with van der Waals surface area (Å²) in [5.74, 6) is 0.420. The fourth-order valence-electron chi connectivity index (χ4n) is 2.59. The fourth-order valence-corrected chi connectivity index (χ4v) is 2.59. The van der Waals surface area contributed by atoms with Crippen LogP contribution in [0.2, 0.25) is 0 Å². The summed E-state index contributed by atoms with van der Waals surface area (Å²) in [5, 5.41) is 14.3. The van der Waals surface area contributed by atoms with Crippen LogP contribution in [0.5, 0.6) is 0 Å². The summed E-state index contributed by atoms with van der Waals surface area (Å²) < 4.78 is 0. The predicted octanol–water partition coefficient (Wildman–Crippen LogP) is 3.39. The molecule has 1 amide bonds. The predicted molar refractivity (Wildman–Crippen MR) is 107 cm³/mol. The minimum atomic E-state index is -0.256. The highest BCUT2D eigenvalue weighted by atomic mass is 16.1. The maximum absolute atomic E-state index is 12.5. The van der Waals surface area contributed by atoms with Gasteiger partial charge in [0.15, 0.2) is 5.69 Å². The van der Waals surface area contributed by atoms with Crippen molar-refractivity contribution in [3.05, 3.63) is 47.7 Å². The van der Waals surface area contributed by atoms with Gasteiger partial charge in [0.05, 0.1) is 0 Å². The molecular weight excluding hydrogens is 326 g/mol. The zero-order chi connectivity index (χ0) is 19.2. The molecule has 1 aromatic carbocycles. The van der Waals surface area contributed by atoms with E-state index in [0.29, 0.717) is 11.5 Å². The first kappa shape index (κ1) is 19.8. The molecule has 0 saturated heterocycles. The Morgan fingerprint density at radius 3 is 2.42 bits per heavy atom. The van der Waals surface area contributed by atoms with Crippen molar-refractivity contribution in [2.75, 3.05) is 37.8 Å². The van der Waals surface area contributed by atoms with Gasteiger partial charge < -0.3 is 15.5 Å². The van der Waals surface area contributed by atoms with E-state index in [0.717, 1.165) is 30.8 Å². The van der Waals surface area contributed by atoms with Crippen molar-refractivity contribution >= 4 is 17.4 Å². The molecular formula is C20H29N5O. The molecule has 2 rings (SSSR count). The van der Waals surface area contributed by atoms with Gasteiger partial charge in [-0.25, -0.2) is 0 Å². The number of hydrogen-bond donors (Lipinski definition) is 2. The van der Waals surface area contributed by atoms with Gasteiger partial charge in [-0.2, -0.15) is 0 Å². The second-order valence-electron chi connectivity index (χ2n) is 7.64. The Balaban J connectivity index is 1.99. The molecule has 0 fully saturated rings. The van der Waals surface area contributed by atoms with Crippen molar-refractivity contribution in [1.29, 1.82) is 0 Å². The Morgan fingerprint density at radius 1 is 1.08 bits per heavy atom. The number of hydrogen-bond acceptors (Lipinski definition) is 5. The minimum Gasteiger partial charge on any atom is -0.369 e. The number of rotatable bonds is 7. The molecule has 0 aliphatic heterocycles. The van der Waals surface area contributed by atoms with Gasteiger partial charge in [0, 0.05) is 12.2 Å². The van der Waals surface area contributed by atoms with Crippen LogP contribution >= 0.6 is 0 Å². The van der Waals surface area contributed by atoms with Gasteiger partial charge >= 0.3 is 0 Å². The molecule has 0 unspecified atom stereocenters. The Hall–Kier alpha value is -2.47. The van der Waals surface area contributed by atoms with E-state index in [1.807, 2.05) is 38.4 Å². The lowest BCUT2D eigenvalue weighted by Crippen LogP contribution is -2.20. The molecule has 2 N–H and O–H groups in total. The molecule has 0 aliphatic carbocycles. The highest BCUT2D eigenvalue weighted by Gasteiger charge is 2.19. The van der Waals surface area contributed by atoms with Crippen LogP contribution in [0.4, 0.5) is 11.5 Å². The minimum absolute atomic E-state index is 0.0596. The van der Waals surface area contributed by atoms with E-state index >= 15 is 0 Å². The Bertz CT molecular complexity index is 720. The second kappa shape index (κ2) is 8.76. The van der Waals surface area contributed by atoms with Crippen molar-refractivity contribution in [3.8, 4) is 0 Å². The van der Waals surface area contributed by atoms with Gasteiger partial charge in [0.25, 0.3) is 5.91 Å². The third kappa shape index (κ3) is 5.81. The summed E-state index contributed by atoms with van der Waals surface area (Å²) in [6, 6.07) is 11.3. The summed E-state index contributed by atoms with van der Waals surface area (Å²) in [7, 11) is 4.09. The summed E-state index contributed by atoms with van der Waals surface area (Å²) in [6.45, 7) is 8.18. The van der Waals surface area contributed by atoms with Crippen LogP contribution < -0.4 is 10.6 Å². The maximum atomic E-state index is 12.5. The van der Waals surface area contributed by atoms with Crippen LogP contribution in [-0.4, -0.2) is 48.2 Å². The zero-order valence-electron chi connectivity index (χ0n) is 16.3. The van der Waals surface area contributed by atoms with E-state index in [1.165, 1.54) is 0 Å². The lowest BCUT2D eigenvalue weighted by Gasteiger charge is -2.22. The van der Waals surface area contributed by atoms with Crippen LogP contribution in [0.15, 0.2) is 36.4 Å². The topological polar surface area (TPSA) is 70.2 Å². The van der Waals surface area contributed by atoms with Gasteiger partial charge in [-0.3, -0.25) is 4.79 Å². The smallest absolute Gasteiger partial charge is 0.276 e. The fraction of sp³-hybridized carbons (Fsp3) is 0.450. The summed E-state index contributed by atoms with van der Waals surface area (Å²) in [5.41, 5.74) is 2.13. The van der Waals surface area contributed by atoms with Gasteiger partial charge in [-0.15, -0.1) is 10.2 Å². The summed E-state index contributed by atoms with van der Waals surface area (Å²) >= 11 is 0. The van der Waals surface area contributed by atoms with Gasteiger partial charge in [-0.1, -0.05) is 39.0 Å². The number of nitrogens with one attached hydrogen (secondary N) is 2. The number of para-hydroxylation sites is 1. The molecule has 140 valence electrons. The van der Waals surface area contributed by atoms with E-state index in [9.17, 15) is 4.79 Å². The quantitative estimate of drug-likeness (QED) is 0.745. The molecule has 26 heavy (non-hydrogen) atoms. The van der Waals surface area contributed by atoms with Crippen LogP contribution in [0, 0.1) is 0 Å². The van der Waals surface area contributed by atoms with E-state index < -0.39 is 0 Å². The molecule has 0 spiro atoms. The number of carbonyl (C=O) groups excluding carboxylic acids is 1. The van der Waals surface area contributed by atoms with E-state index in [1.54, 1.807) is 12.1 Å². The standard InChI is InChI=1S/C20H29N5O/c1-20(2,3)15-9-6-7-10-16(15)22-19(26)17-11-12-18(24-23-17)21-13-8-14-25(4)5/h6-7,9-12H,8,13-14H2,1-5H3,(H,21,24)(H,22,26). The first-order chi connectivity index (χ1) is 12.3. The highest BCUT2D eigenvalue weighted by Crippen LogP contribution is 2.29. The Kier molecular flexibility index (Phi) is 6.69. The van der Waals surface area contributed by atoms with Gasteiger partial charge in [-0.05, 0) is 56.2 Å². The Morgan fingerprint density at radius 2 is 1.81 bits per heavy atom. The lowest BCUT2D eigenvalue weighted by atomic mass is 9.86. The number of amides is 1. The molecule has 6 nitrogen and oxygen atoms in total. The first-order valence-corrected chi connectivity index (χ1v) is 8.90. The first-order valence-electron chi connectivity index (χ1n) is 8.90. The Labute approximate surface area is 156 Å². The van der Waals surface area contributed by atoms with E-state index in [2.05, 4.69) is 46.5 Å². The van der Waals surface area contributed by atoms with Crippen LogP contribution in [0.1, 0.15) is 43.2 Å². The number of nitrogens with zero attached hydrogens (tertiary/aromatic N) is 3. The summed E-state index contributed by atoms with van der Waals surface area (Å²) in [4.78, 5) is 14.6. The van der Waals surface area contributed by atoms with Crippen LogP contribution in [-0.2, 0) is 5.41 Å². The average molecular weight is 355 g/mol. The molecule has 6 heteroatoms. The summed E-state index contributed by atoms with van der Waals surface area (Å²) in [6.07, 6.45) is 1.01.